The molecule has 0 aromatic heterocycles. The standard InChI is InChI=1S/C12H26N2O2/c1-12(11-14-5-2-3-6-14)10-13-4-8-16-9-7-15/h12-13,15H,2-11H2,1H3. The maximum atomic E-state index is 8.52. The number of ether oxygens (including phenoxy) is 1. The quantitative estimate of drug-likeness (QED) is 0.560. The summed E-state index contributed by atoms with van der Waals surface area (Å²) in [5.74, 6) is 0.705. The monoisotopic (exact) mass is 230 g/mol. The number of rotatable bonds is 9. The maximum absolute atomic E-state index is 8.52. The van der Waals surface area contributed by atoms with Crippen molar-refractivity contribution < 1.29 is 9.84 Å². The highest BCUT2D eigenvalue weighted by Crippen LogP contribution is 2.09. The Bertz CT molecular complexity index is 161. The third kappa shape index (κ3) is 6.43. The fourth-order valence-corrected chi connectivity index (χ4v) is 2.13. The molecule has 4 heteroatoms. The number of hydrogen-bond donors (Lipinski definition) is 2. The third-order valence-electron chi connectivity index (χ3n) is 2.92. The van der Waals surface area contributed by atoms with Crippen LogP contribution >= 0.6 is 0 Å². The number of nitrogens with one attached hydrogen (secondary N) is 1. The van der Waals surface area contributed by atoms with Crippen LogP contribution in [0.4, 0.5) is 0 Å². The van der Waals surface area contributed by atoms with E-state index in [0.29, 0.717) is 19.1 Å². The molecule has 0 saturated carbocycles. The second-order valence-corrected chi connectivity index (χ2v) is 4.65. The summed E-state index contributed by atoms with van der Waals surface area (Å²) in [5, 5.41) is 11.9. The highest BCUT2D eigenvalue weighted by molar-refractivity contribution is 4.69. The van der Waals surface area contributed by atoms with Crippen molar-refractivity contribution in [3.63, 3.8) is 0 Å². The molecular weight excluding hydrogens is 204 g/mol. The Morgan fingerprint density at radius 1 is 1.31 bits per heavy atom. The minimum absolute atomic E-state index is 0.116. The molecule has 1 aliphatic rings. The van der Waals surface area contributed by atoms with E-state index in [1.807, 2.05) is 0 Å². The Balaban J connectivity index is 1.87. The first-order chi connectivity index (χ1) is 7.83. The average molecular weight is 230 g/mol. The smallest absolute Gasteiger partial charge is 0.0698 e. The molecule has 1 unspecified atom stereocenters. The molecule has 0 radical (unpaired) electrons. The van der Waals surface area contributed by atoms with Crippen molar-refractivity contribution in [3.05, 3.63) is 0 Å². The van der Waals surface area contributed by atoms with Crippen molar-refractivity contribution in [1.29, 1.82) is 0 Å². The Hall–Kier alpha value is -0.160. The van der Waals surface area contributed by atoms with E-state index < -0.39 is 0 Å². The molecule has 1 aliphatic heterocycles. The minimum Gasteiger partial charge on any atom is -0.394 e. The molecule has 0 aromatic carbocycles. The summed E-state index contributed by atoms with van der Waals surface area (Å²) in [6.07, 6.45) is 2.74. The topological polar surface area (TPSA) is 44.7 Å². The lowest BCUT2D eigenvalue weighted by atomic mass is 10.1. The van der Waals surface area contributed by atoms with Crippen molar-refractivity contribution in [2.24, 2.45) is 5.92 Å². The van der Waals surface area contributed by atoms with Crippen molar-refractivity contribution in [2.45, 2.75) is 19.8 Å². The van der Waals surface area contributed by atoms with Gasteiger partial charge in [-0.05, 0) is 38.4 Å². The summed E-state index contributed by atoms with van der Waals surface area (Å²) >= 11 is 0. The normalized spacial score (nSPS) is 19.1. The molecule has 0 amide bonds. The van der Waals surface area contributed by atoms with E-state index in [0.717, 1.165) is 13.1 Å². The van der Waals surface area contributed by atoms with E-state index in [2.05, 4.69) is 17.1 Å². The molecule has 1 heterocycles. The Labute approximate surface area is 99.0 Å². The minimum atomic E-state index is 0.116. The first kappa shape index (κ1) is 13.9. The summed E-state index contributed by atoms with van der Waals surface area (Å²) in [5.41, 5.74) is 0. The molecule has 0 aliphatic carbocycles. The SMILES string of the molecule is CC(CNCCOCCO)CN1CCCC1. The van der Waals surface area contributed by atoms with Gasteiger partial charge in [0.2, 0.25) is 0 Å². The lowest BCUT2D eigenvalue weighted by molar-refractivity contribution is 0.0933. The highest BCUT2D eigenvalue weighted by Gasteiger charge is 2.13. The van der Waals surface area contributed by atoms with Crippen LogP contribution in [0.2, 0.25) is 0 Å². The van der Waals surface area contributed by atoms with Gasteiger partial charge in [-0.25, -0.2) is 0 Å². The van der Waals surface area contributed by atoms with Gasteiger partial charge >= 0.3 is 0 Å². The number of aliphatic hydroxyl groups excluding tert-OH is 1. The summed E-state index contributed by atoms with van der Waals surface area (Å²) in [4.78, 5) is 2.55. The summed E-state index contributed by atoms with van der Waals surface area (Å²) in [6, 6.07) is 0. The molecule has 2 N–H and O–H groups in total. The zero-order valence-corrected chi connectivity index (χ0v) is 10.5. The molecule has 1 atom stereocenters. The van der Waals surface area contributed by atoms with Crippen molar-refractivity contribution >= 4 is 0 Å². The predicted molar refractivity (Wildman–Crippen MR) is 65.6 cm³/mol. The van der Waals surface area contributed by atoms with Crippen LogP contribution in [0, 0.1) is 5.92 Å². The molecule has 1 saturated heterocycles. The van der Waals surface area contributed by atoms with Gasteiger partial charge in [-0.1, -0.05) is 6.92 Å². The van der Waals surface area contributed by atoms with Gasteiger partial charge in [0, 0.05) is 13.1 Å². The van der Waals surface area contributed by atoms with Crippen LogP contribution in [0.1, 0.15) is 19.8 Å². The first-order valence-corrected chi connectivity index (χ1v) is 6.44. The van der Waals surface area contributed by atoms with Gasteiger partial charge in [0.05, 0.1) is 19.8 Å². The molecule has 0 aromatic rings. The predicted octanol–water partition coefficient (Wildman–Crippen LogP) is 0.317. The van der Waals surface area contributed by atoms with Crippen LogP contribution in [0.3, 0.4) is 0 Å². The second kappa shape index (κ2) is 8.93. The van der Waals surface area contributed by atoms with Crippen LogP contribution in [0.15, 0.2) is 0 Å². The molecule has 1 rings (SSSR count). The van der Waals surface area contributed by atoms with Gasteiger partial charge in [0.25, 0.3) is 0 Å². The number of hydrogen-bond acceptors (Lipinski definition) is 4. The largest absolute Gasteiger partial charge is 0.394 e. The van der Waals surface area contributed by atoms with Crippen molar-refractivity contribution in [2.75, 3.05) is 52.5 Å². The molecule has 16 heavy (non-hydrogen) atoms. The van der Waals surface area contributed by atoms with Crippen LogP contribution < -0.4 is 5.32 Å². The van der Waals surface area contributed by atoms with Gasteiger partial charge < -0.3 is 20.1 Å². The molecule has 4 nitrogen and oxygen atoms in total. The van der Waals surface area contributed by atoms with Gasteiger partial charge in [-0.15, -0.1) is 0 Å². The summed E-state index contributed by atoms with van der Waals surface area (Å²) in [7, 11) is 0. The molecule has 0 spiro atoms. The van der Waals surface area contributed by atoms with Crippen LogP contribution in [0.25, 0.3) is 0 Å². The molecule has 1 fully saturated rings. The molecule has 96 valence electrons. The van der Waals surface area contributed by atoms with Crippen LogP contribution in [0.5, 0.6) is 0 Å². The number of aliphatic hydroxyl groups is 1. The summed E-state index contributed by atoms with van der Waals surface area (Å²) < 4.78 is 5.18. The van der Waals surface area contributed by atoms with Crippen molar-refractivity contribution in [1.82, 2.24) is 10.2 Å². The van der Waals surface area contributed by atoms with E-state index in [9.17, 15) is 0 Å². The van der Waals surface area contributed by atoms with Crippen molar-refractivity contribution in [3.8, 4) is 0 Å². The Morgan fingerprint density at radius 3 is 2.75 bits per heavy atom. The maximum Gasteiger partial charge on any atom is 0.0698 e. The van der Waals surface area contributed by atoms with E-state index in [1.165, 1.54) is 32.5 Å². The van der Waals surface area contributed by atoms with E-state index in [4.69, 9.17) is 9.84 Å². The van der Waals surface area contributed by atoms with E-state index >= 15 is 0 Å². The van der Waals surface area contributed by atoms with Crippen LogP contribution in [-0.4, -0.2) is 62.6 Å². The Kier molecular flexibility index (Phi) is 7.76. The Morgan fingerprint density at radius 2 is 2.06 bits per heavy atom. The van der Waals surface area contributed by atoms with E-state index in [-0.39, 0.29) is 6.61 Å². The van der Waals surface area contributed by atoms with Crippen LogP contribution in [-0.2, 0) is 4.74 Å². The van der Waals surface area contributed by atoms with Gasteiger partial charge in [0.1, 0.15) is 0 Å². The number of likely N-dealkylation sites (tertiary alicyclic amines) is 1. The summed E-state index contributed by atoms with van der Waals surface area (Å²) in [6.45, 7) is 9.26. The van der Waals surface area contributed by atoms with Gasteiger partial charge in [-0.2, -0.15) is 0 Å². The fraction of sp³-hybridized carbons (Fsp3) is 1.00. The third-order valence-corrected chi connectivity index (χ3v) is 2.92. The first-order valence-electron chi connectivity index (χ1n) is 6.44. The highest BCUT2D eigenvalue weighted by atomic mass is 16.5. The zero-order valence-electron chi connectivity index (χ0n) is 10.5. The van der Waals surface area contributed by atoms with Gasteiger partial charge in [-0.3, -0.25) is 0 Å². The van der Waals surface area contributed by atoms with Gasteiger partial charge in [0.15, 0.2) is 0 Å². The lowest BCUT2D eigenvalue weighted by Crippen LogP contribution is -2.33. The fourth-order valence-electron chi connectivity index (χ4n) is 2.13. The second-order valence-electron chi connectivity index (χ2n) is 4.65. The molecular formula is C12H26N2O2. The number of nitrogens with zero attached hydrogens (tertiary/aromatic N) is 1. The molecule has 0 bridgehead atoms. The lowest BCUT2D eigenvalue weighted by Gasteiger charge is -2.20. The zero-order chi connectivity index (χ0) is 11.6. The average Bonchev–Trinajstić information content (AvgIpc) is 2.76. The van der Waals surface area contributed by atoms with E-state index in [1.54, 1.807) is 0 Å².